The second kappa shape index (κ2) is 9.51. The van der Waals surface area contributed by atoms with Crippen LogP contribution in [0.1, 0.15) is 55.6 Å². The molecule has 4 aromatic rings. The van der Waals surface area contributed by atoms with Gasteiger partial charge in [0.05, 0.1) is 30.9 Å². The number of nitrogens with zero attached hydrogens (tertiary/aromatic N) is 7. The van der Waals surface area contributed by atoms with E-state index in [0.29, 0.717) is 35.4 Å². The topological polar surface area (TPSA) is 93.9 Å². The number of methoxy groups -OCH3 is 1. The van der Waals surface area contributed by atoms with E-state index < -0.39 is 18.0 Å². The molecule has 1 fully saturated rings. The van der Waals surface area contributed by atoms with E-state index in [4.69, 9.17) is 9.72 Å². The van der Waals surface area contributed by atoms with Crippen LogP contribution in [0.5, 0.6) is 5.88 Å². The molecule has 1 aliphatic carbocycles. The number of hydrogen-bond donors (Lipinski definition) is 1. The summed E-state index contributed by atoms with van der Waals surface area (Å²) in [6, 6.07) is 7.37. The van der Waals surface area contributed by atoms with Crippen LogP contribution >= 0.6 is 0 Å². The molecule has 6 rings (SSSR count). The van der Waals surface area contributed by atoms with Crippen LogP contribution in [0, 0.1) is 0 Å². The van der Waals surface area contributed by atoms with E-state index in [1.54, 1.807) is 29.1 Å². The highest BCUT2D eigenvalue weighted by molar-refractivity contribution is 5.77. The van der Waals surface area contributed by atoms with Crippen LogP contribution < -0.4 is 10.1 Å². The molecule has 0 spiro atoms. The van der Waals surface area contributed by atoms with Crippen LogP contribution in [0.2, 0.25) is 0 Å². The third-order valence-electron chi connectivity index (χ3n) is 7.00. The molecule has 202 valence electrons. The molecule has 0 radical (unpaired) electrons. The van der Waals surface area contributed by atoms with Gasteiger partial charge in [0.15, 0.2) is 11.5 Å². The summed E-state index contributed by atoms with van der Waals surface area (Å²) in [5.41, 5.74) is 3.17. The minimum absolute atomic E-state index is 0.111. The molecule has 1 saturated carbocycles. The summed E-state index contributed by atoms with van der Waals surface area (Å²) >= 11 is 0. The Morgan fingerprint density at radius 2 is 1.85 bits per heavy atom. The zero-order chi connectivity index (χ0) is 27.3. The number of alkyl halides is 3. The summed E-state index contributed by atoms with van der Waals surface area (Å²) in [5.74, 6) is 1.27. The minimum Gasteiger partial charge on any atom is -0.480 e. The molecule has 12 heteroatoms. The lowest BCUT2D eigenvalue weighted by molar-refractivity contribution is -0.0963. The normalized spacial score (nSPS) is 17.6. The number of halogens is 3. The number of fused-ring (bicyclic) bond motifs is 1. The maximum Gasteiger partial charge on any atom is 0.432 e. The molecule has 9 nitrogen and oxygen atoms in total. The first-order valence-electron chi connectivity index (χ1n) is 12.7. The van der Waals surface area contributed by atoms with Gasteiger partial charge in [0.25, 0.3) is 0 Å². The standard InChI is InChI=1S/C27H27F3N8O/c1-15(2)37-13-20(27(28,29)30)35-24(37)18-6-4-16(5-7-18)12-38-25-19(11-34-38)10-31-23(36-25)21-22(17-8-9-17)32-14-33-26(21)39-3/h4-7,10-11,13-15,17,24,35H,8-9,12H2,1-3H3. The Hall–Kier alpha value is -4.22. The highest BCUT2D eigenvalue weighted by atomic mass is 19.4. The van der Waals surface area contributed by atoms with E-state index >= 15 is 0 Å². The molecule has 0 amide bonds. The second-order valence-corrected chi connectivity index (χ2v) is 10.1. The van der Waals surface area contributed by atoms with Gasteiger partial charge in [0.2, 0.25) is 5.88 Å². The summed E-state index contributed by atoms with van der Waals surface area (Å²) in [6.45, 7) is 4.15. The SMILES string of the molecule is COc1ncnc(C2CC2)c1-c1ncc2cnn(Cc3ccc(C4NC(C(F)(F)F)=CN4C(C)C)cc3)c2n1. The van der Waals surface area contributed by atoms with Crippen molar-refractivity contribution in [3.63, 3.8) is 0 Å². The van der Waals surface area contributed by atoms with Crippen molar-refractivity contribution in [2.24, 2.45) is 0 Å². The van der Waals surface area contributed by atoms with E-state index in [1.807, 2.05) is 38.1 Å². The average Bonchev–Trinajstić information content (AvgIpc) is 3.53. The third kappa shape index (κ3) is 4.75. The summed E-state index contributed by atoms with van der Waals surface area (Å²) in [7, 11) is 1.57. The van der Waals surface area contributed by atoms with Gasteiger partial charge in [-0.25, -0.2) is 24.6 Å². The first-order valence-corrected chi connectivity index (χ1v) is 12.7. The fourth-order valence-corrected chi connectivity index (χ4v) is 4.83. The molecule has 1 aromatic carbocycles. The lowest BCUT2D eigenvalue weighted by Gasteiger charge is -2.29. The van der Waals surface area contributed by atoms with Crippen molar-refractivity contribution in [1.82, 2.24) is 39.9 Å². The van der Waals surface area contributed by atoms with Crippen LogP contribution in [0.4, 0.5) is 13.2 Å². The summed E-state index contributed by atoms with van der Waals surface area (Å²) in [5, 5.41) is 7.92. The van der Waals surface area contributed by atoms with Crippen molar-refractivity contribution in [2.75, 3.05) is 7.11 Å². The van der Waals surface area contributed by atoms with Gasteiger partial charge >= 0.3 is 6.18 Å². The van der Waals surface area contributed by atoms with Gasteiger partial charge in [-0.15, -0.1) is 0 Å². The van der Waals surface area contributed by atoms with Gasteiger partial charge in [0, 0.05) is 24.4 Å². The number of rotatable bonds is 7. The van der Waals surface area contributed by atoms with E-state index in [0.717, 1.165) is 41.2 Å². The van der Waals surface area contributed by atoms with E-state index in [-0.39, 0.29) is 6.04 Å². The number of nitrogens with one attached hydrogen (secondary N) is 1. The minimum atomic E-state index is -4.43. The molecule has 1 unspecified atom stereocenters. The first-order chi connectivity index (χ1) is 18.7. The van der Waals surface area contributed by atoms with Crippen LogP contribution in [0.25, 0.3) is 22.4 Å². The van der Waals surface area contributed by atoms with Crippen LogP contribution in [0.15, 0.2) is 54.9 Å². The Kier molecular flexibility index (Phi) is 6.12. The molecule has 2 aliphatic rings. The average molecular weight is 537 g/mol. The zero-order valence-corrected chi connectivity index (χ0v) is 21.6. The quantitative estimate of drug-likeness (QED) is 0.355. The third-order valence-corrected chi connectivity index (χ3v) is 7.00. The number of ether oxygens (including phenoxy) is 1. The smallest absolute Gasteiger partial charge is 0.432 e. The summed E-state index contributed by atoms with van der Waals surface area (Å²) in [4.78, 5) is 19.8. The Balaban J connectivity index is 1.27. The molecular weight excluding hydrogens is 509 g/mol. The predicted octanol–water partition coefficient (Wildman–Crippen LogP) is 4.93. The molecule has 39 heavy (non-hydrogen) atoms. The summed E-state index contributed by atoms with van der Waals surface area (Å²) < 4.78 is 47.3. The number of allylic oxidation sites excluding steroid dienone is 1. The second-order valence-electron chi connectivity index (χ2n) is 10.1. The van der Waals surface area contributed by atoms with Gasteiger partial charge in [0.1, 0.15) is 23.8 Å². The lowest BCUT2D eigenvalue weighted by atomic mass is 10.1. The Morgan fingerprint density at radius 3 is 2.51 bits per heavy atom. The first kappa shape index (κ1) is 25.1. The van der Waals surface area contributed by atoms with Gasteiger partial charge < -0.3 is 15.0 Å². The largest absolute Gasteiger partial charge is 0.480 e. The maximum absolute atomic E-state index is 13.3. The fraction of sp³-hybridized carbons (Fsp3) is 0.370. The number of aromatic nitrogens is 6. The molecule has 4 heterocycles. The van der Waals surface area contributed by atoms with Crippen LogP contribution in [0.3, 0.4) is 0 Å². The van der Waals surface area contributed by atoms with E-state index in [1.165, 1.54) is 6.33 Å². The number of benzene rings is 1. The number of hydrogen-bond acceptors (Lipinski definition) is 8. The molecule has 0 saturated heterocycles. The highest BCUT2D eigenvalue weighted by Gasteiger charge is 2.41. The van der Waals surface area contributed by atoms with Crippen molar-refractivity contribution < 1.29 is 17.9 Å². The van der Waals surface area contributed by atoms with E-state index in [2.05, 4.69) is 25.4 Å². The van der Waals surface area contributed by atoms with E-state index in [9.17, 15) is 13.2 Å². The monoisotopic (exact) mass is 536 g/mol. The van der Waals surface area contributed by atoms with Crippen molar-refractivity contribution in [2.45, 2.75) is 57.5 Å². The Morgan fingerprint density at radius 1 is 1.08 bits per heavy atom. The Bertz CT molecular complexity index is 1540. The molecular formula is C27H27F3N8O. The maximum atomic E-state index is 13.3. The molecule has 1 aliphatic heterocycles. The summed E-state index contributed by atoms with van der Waals surface area (Å²) in [6.07, 6.45) is 3.18. The van der Waals surface area contributed by atoms with Crippen molar-refractivity contribution >= 4 is 11.0 Å². The van der Waals surface area contributed by atoms with Gasteiger partial charge in [-0.3, -0.25) is 0 Å². The van der Waals surface area contributed by atoms with Crippen molar-refractivity contribution in [3.8, 4) is 17.3 Å². The predicted molar refractivity (Wildman–Crippen MR) is 137 cm³/mol. The fourth-order valence-electron chi connectivity index (χ4n) is 4.83. The van der Waals surface area contributed by atoms with Crippen LogP contribution in [-0.4, -0.2) is 53.9 Å². The van der Waals surface area contributed by atoms with Crippen molar-refractivity contribution in [1.29, 1.82) is 0 Å². The molecule has 1 atom stereocenters. The highest BCUT2D eigenvalue weighted by Crippen LogP contribution is 2.45. The van der Waals surface area contributed by atoms with Crippen molar-refractivity contribution in [3.05, 3.63) is 71.7 Å². The molecule has 1 N–H and O–H groups in total. The Labute approximate surface area is 222 Å². The molecule has 0 bridgehead atoms. The molecule has 3 aromatic heterocycles. The van der Waals surface area contributed by atoms with Gasteiger partial charge in [-0.05, 0) is 37.8 Å². The van der Waals surface area contributed by atoms with Gasteiger partial charge in [-0.1, -0.05) is 24.3 Å². The van der Waals surface area contributed by atoms with Crippen LogP contribution in [-0.2, 0) is 6.54 Å². The lowest BCUT2D eigenvalue weighted by Crippen LogP contribution is -2.33. The van der Waals surface area contributed by atoms with Gasteiger partial charge in [-0.2, -0.15) is 18.3 Å². The zero-order valence-electron chi connectivity index (χ0n) is 21.6.